The molecule has 0 aromatic heterocycles. The van der Waals surface area contributed by atoms with Gasteiger partial charge in [-0.2, -0.15) is 0 Å². The smallest absolute Gasteiger partial charge is 0.317 e. The van der Waals surface area contributed by atoms with Gasteiger partial charge in [0.05, 0.1) is 5.41 Å². The number of carbonyl (C=O) groups excluding carboxylic acids is 1. The molecule has 0 radical (unpaired) electrons. The number of benzene rings is 1. The van der Waals surface area contributed by atoms with Crippen LogP contribution in [0.2, 0.25) is 0 Å². The van der Waals surface area contributed by atoms with Crippen molar-refractivity contribution < 1.29 is 24.2 Å². The van der Waals surface area contributed by atoms with Crippen LogP contribution < -0.4 is 14.8 Å². The van der Waals surface area contributed by atoms with Crippen molar-refractivity contribution in [2.75, 3.05) is 32.8 Å². The van der Waals surface area contributed by atoms with Crippen LogP contribution in [0.15, 0.2) is 18.2 Å². The van der Waals surface area contributed by atoms with Gasteiger partial charge in [0.25, 0.3) is 0 Å². The number of fused-ring (bicyclic) bond motifs is 1. The van der Waals surface area contributed by atoms with Crippen LogP contribution >= 0.6 is 0 Å². The third kappa shape index (κ3) is 3.38. The summed E-state index contributed by atoms with van der Waals surface area (Å²) in [6, 6.07) is 5.93. The molecule has 1 atom stereocenters. The molecule has 1 aromatic rings. The van der Waals surface area contributed by atoms with Gasteiger partial charge in [-0.25, -0.2) is 4.79 Å². The monoisotopic (exact) mass is 388 g/mol. The normalized spacial score (nSPS) is 25.5. The van der Waals surface area contributed by atoms with Gasteiger partial charge in [-0.1, -0.05) is 18.9 Å². The van der Waals surface area contributed by atoms with Crippen molar-refractivity contribution in [2.24, 2.45) is 5.41 Å². The molecule has 1 aromatic carbocycles. The molecule has 1 aliphatic carbocycles. The van der Waals surface area contributed by atoms with E-state index in [-0.39, 0.29) is 18.0 Å². The van der Waals surface area contributed by atoms with Gasteiger partial charge in [-0.05, 0) is 43.9 Å². The summed E-state index contributed by atoms with van der Waals surface area (Å²) in [5, 5.41) is 12.5. The van der Waals surface area contributed by atoms with Crippen LogP contribution in [0.5, 0.6) is 11.5 Å². The fraction of sp³-hybridized carbons (Fsp3) is 0.619. The lowest BCUT2D eigenvalue weighted by molar-refractivity contribution is -0.147. The second-order valence-electron chi connectivity index (χ2n) is 8.54. The third-order valence-electron chi connectivity index (χ3n) is 6.57. The Morgan fingerprint density at radius 1 is 1.14 bits per heavy atom. The molecule has 7 nitrogen and oxygen atoms in total. The van der Waals surface area contributed by atoms with E-state index in [1.165, 1.54) is 5.56 Å². The topological polar surface area (TPSA) is 88.1 Å². The van der Waals surface area contributed by atoms with Crippen molar-refractivity contribution in [2.45, 2.75) is 44.4 Å². The Morgan fingerprint density at radius 3 is 2.54 bits per heavy atom. The molecule has 2 heterocycles. The van der Waals surface area contributed by atoms with Gasteiger partial charge in [0, 0.05) is 25.0 Å². The molecule has 4 rings (SSSR count). The number of hydrogen-bond donors (Lipinski definition) is 2. The Labute approximate surface area is 165 Å². The van der Waals surface area contributed by atoms with Crippen LogP contribution in [0, 0.1) is 5.41 Å². The molecule has 152 valence electrons. The number of ether oxygens (including phenoxy) is 2. The largest absolute Gasteiger partial charge is 0.486 e. The number of likely N-dealkylation sites (tertiary alicyclic amines) is 1. The van der Waals surface area contributed by atoms with Crippen molar-refractivity contribution in [1.82, 2.24) is 10.2 Å². The first-order chi connectivity index (χ1) is 13.4. The van der Waals surface area contributed by atoms with E-state index in [0.29, 0.717) is 32.7 Å². The average Bonchev–Trinajstić information content (AvgIpc) is 3.34. The van der Waals surface area contributed by atoms with E-state index < -0.39 is 11.4 Å². The molecular weight excluding hydrogens is 360 g/mol. The van der Waals surface area contributed by atoms with Gasteiger partial charge in [0.1, 0.15) is 13.2 Å². The highest BCUT2D eigenvalue weighted by molar-refractivity contribution is 5.79. The molecular formula is C21H28N2O5. The maximum Gasteiger partial charge on any atom is 0.317 e. The Morgan fingerprint density at radius 2 is 1.86 bits per heavy atom. The molecule has 1 saturated carbocycles. The summed E-state index contributed by atoms with van der Waals surface area (Å²) in [4.78, 5) is 25.8. The number of carboxylic acids is 1. The zero-order chi connectivity index (χ0) is 19.8. The number of rotatable bonds is 4. The van der Waals surface area contributed by atoms with Gasteiger partial charge < -0.3 is 24.8 Å². The van der Waals surface area contributed by atoms with Gasteiger partial charge in [0.2, 0.25) is 0 Å². The number of nitrogens with zero attached hydrogens (tertiary/aromatic N) is 1. The molecule has 1 saturated heterocycles. The average molecular weight is 388 g/mol. The van der Waals surface area contributed by atoms with E-state index in [4.69, 9.17) is 9.47 Å². The first-order valence-corrected chi connectivity index (χ1v) is 10.1. The van der Waals surface area contributed by atoms with Crippen LogP contribution in [-0.4, -0.2) is 54.9 Å². The molecule has 3 aliphatic rings. The minimum Gasteiger partial charge on any atom is -0.486 e. The number of hydrogen-bond acceptors (Lipinski definition) is 4. The van der Waals surface area contributed by atoms with Crippen molar-refractivity contribution in [3.8, 4) is 11.5 Å². The quantitative estimate of drug-likeness (QED) is 0.828. The number of carbonyl (C=O) groups is 2. The number of urea groups is 1. The summed E-state index contributed by atoms with van der Waals surface area (Å²) in [6.45, 7) is 4.11. The second kappa shape index (κ2) is 7.18. The van der Waals surface area contributed by atoms with Crippen molar-refractivity contribution >= 4 is 12.0 Å². The summed E-state index contributed by atoms with van der Waals surface area (Å²) in [6.07, 6.45) is 4.78. The summed E-state index contributed by atoms with van der Waals surface area (Å²) in [5.74, 6) is 0.710. The van der Waals surface area contributed by atoms with Crippen LogP contribution in [0.3, 0.4) is 0 Å². The maximum atomic E-state index is 12.7. The molecule has 2 aliphatic heterocycles. The highest BCUT2D eigenvalue weighted by Crippen LogP contribution is 2.44. The van der Waals surface area contributed by atoms with Crippen molar-refractivity contribution in [3.05, 3.63) is 23.8 Å². The molecule has 2 fully saturated rings. The van der Waals surface area contributed by atoms with Crippen molar-refractivity contribution in [3.63, 3.8) is 0 Å². The SMILES string of the molecule is CC1(C(=O)O)CCN(C(=O)NCC2(c3ccc4c(c3)OCCO4)CCCC2)C1. The second-order valence-corrected chi connectivity index (χ2v) is 8.54. The Hall–Kier alpha value is -2.44. The first-order valence-electron chi connectivity index (χ1n) is 10.1. The molecule has 1 unspecified atom stereocenters. The number of carboxylic acid groups (broad SMARTS) is 1. The van der Waals surface area contributed by atoms with Crippen LogP contribution in [0.4, 0.5) is 4.79 Å². The summed E-state index contributed by atoms with van der Waals surface area (Å²) in [5.41, 5.74) is 0.214. The summed E-state index contributed by atoms with van der Waals surface area (Å²) >= 11 is 0. The van der Waals surface area contributed by atoms with Crippen LogP contribution in [-0.2, 0) is 10.2 Å². The van der Waals surface area contributed by atoms with E-state index in [2.05, 4.69) is 17.4 Å². The Bertz CT molecular complexity index is 774. The van der Waals surface area contributed by atoms with Crippen molar-refractivity contribution in [1.29, 1.82) is 0 Å². The van der Waals surface area contributed by atoms with E-state index in [1.807, 2.05) is 6.07 Å². The fourth-order valence-electron chi connectivity index (χ4n) is 4.66. The number of aliphatic carboxylic acids is 1. The lowest BCUT2D eigenvalue weighted by Gasteiger charge is -2.32. The Balaban J connectivity index is 1.46. The highest BCUT2D eigenvalue weighted by atomic mass is 16.6. The van der Waals surface area contributed by atoms with Crippen LogP contribution in [0.1, 0.15) is 44.6 Å². The van der Waals surface area contributed by atoms with Crippen LogP contribution in [0.25, 0.3) is 0 Å². The summed E-state index contributed by atoms with van der Waals surface area (Å²) in [7, 11) is 0. The zero-order valence-electron chi connectivity index (χ0n) is 16.3. The molecule has 28 heavy (non-hydrogen) atoms. The standard InChI is InChI=1S/C21H28N2O5/c1-20(18(24)25)8-9-23(14-20)19(26)22-13-21(6-2-3-7-21)15-4-5-16-17(12-15)28-11-10-27-16/h4-5,12H,2-3,6-11,13-14H2,1H3,(H,22,26)(H,24,25). The van der Waals surface area contributed by atoms with Gasteiger partial charge >= 0.3 is 12.0 Å². The molecule has 0 bridgehead atoms. The predicted molar refractivity (Wildman–Crippen MR) is 103 cm³/mol. The van der Waals surface area contributed by atoms with E-state index in [9.17, 15) is 14.7 Å². The maximum absolute atomic E-state index is 12.7. The first kappa shape index (κ1) is 18.9. The summed E-state index contributed by atoms with van der Waals surface area (Å²) < 4.78 is 11.4. The molecule has 2 N–H and O–H groups in total. The predicted octanol–water partition coefficient (Wildman–Crippen LogP) is 2.78. The number of nitrogens with one attached hydrogen (secondary N) is 1. The van der Waals surface area contributed by atoms with Gasteiger partial charge in [0.15, 0.2) is 11.5 Å². The Kier molecular flexibility index (Phi) is 4.85. The van der Waals surface area contributed by atoms with E-state index >= 15 is 0 Å². The molecule has 2 amide bonds. The van der Waals surface area contributed by atoms with Gasteiger partial charge in [-0.15, -0.1) is 0 Å². The lowest BCUT2D eigenvalue weighted by atomic mass is 9.78. The third-order valence-corrected chi connectivity index (χ3v) is 6.57. The zero-order valence-corrected chi connectivity index (χ0v) is 16.3. The fourth-order valence-corrected chi connectivity index (χ4v) is 4.66. The van der Waals surface area contributed by atoms with E-state index in [1.54, 1.807) is 11.8 Å². The minimum atomic E-state index is -0.849. The van der Waals surface area contributed by atoms with Gasteiger partial charge in [-0.3, -0.25) is 4.79 Å². The lowest BCUT2D eigenvalue weighted by Crippen LogP contribution is -2.46. The molecule has 7 heteroatoms. The minimum absolute atomic E-state index is 0.110. The molecule has 0 spiro atoms. The number of amides is 2. The van der Waals surface area contributed by atoms with E-state index in [0.717, 1.165) is 37.2 Å². The highest BCUT2D eigenvalue weighted by Gasteiger charge is 2.43.